The molecule has 1 aromatic carbocycles. The molecule has 7 aliphatic rings. The van der Waals surface area contributed by atoms with Crippen molar-refractivity contribution in [2.75, 3.05) is 18.5 Å². The van der Waals surface area contributed by atoms with Crippen molar-refractivity contribution in [2.24, 2.45) is 34.0 Å². The standard InChI is InChI=1S/C42H51BrN3O14P/c1-38-12-11-25(47)13-24(38)7-8-26-27-14-31-42(30(49)19-58-61(55,56)57,39(27,2)16-29(48)35(26)38)60-37(59-31)23-5-3-22(4-6-23)15-40-20-41(40,21-40)46-36(54)28(9-10-34(52)53)45-33(51)18-44-32(50)17-43/h3-6,11-13,26-29,31,35,37,48H,7-10,14-21H2,1-2H3,(H,44,50)(H,45,51)(H,46,54)(H,52,53)(H2,55,56,57)/t26?,27-,28-,29-,31+,35?,37+,38-,39-,40?,41?,42+/m0/s1. The van der Waals surface area contributed by atoms with E-state index in [0.29, 0.717) is 44.1 Å². The number of ketones is 2. The molecule has 0 radical (unpaired) electrons. The van der Waals surface area contributed by atoms with Crippen LogP contribution in [0, 0.1) is 34.0 Å². The van der Waals surface area contributed by atoms with Crippen molar-refractivity contribution in [1.82, 2.24) is 16.0 Å². The molecule has 1 saturated heterocycles. The van der Waals surface area contributed by atoms with E-state index >= 15 is 0 Å². The van der Waals surface area contributed by atoms with Gasteiger partial charge in [0.1, 0.15) is 12.6 Å². The second kappa shape index (κ2) is 15.6. The lowest BCUT2D eigenvalue weighted by Crippen LogP contribution is -2.63. The summed E-state index contributed by atoms with van der Waals surface area (Å²) in [4.78, 5) is 94.4. The van der Waals surface area contributed by atoms with E-state index in [9.17, 15) is 53.3 Å². The molecule has 2 unspecified atom stereocenters. The summed E-state index contributed by atoms with van der Waals surface area (Å²) < 4.78 is 29.9. The fraction of sp³-hybridized carbons (Fsp3) is 0.619. The number of halogens is 1. The van der Waals surface area contributed by atoms with E-state index in [1.54, 1.807) is 12.2 Å². The number of aliphatic hydroxyl groups is 1. The highest BCUT2D eigenvalue weighted by atomic mass is 79.9. The summed E-state index contributed by atoms with van der Waals surface area (Å²) in [6.45, 7) is 2.67. The number of alkyl halides is 1. The summed E-state index contributed by atoms with van der Waals surface area (Å²) >= 11 is 2.99. The number of aliphatic carboxylic acids is 1. The molecule has 10 atom stereocenters. The van der Waals surface area contributed by atoms with Gasteiger partial charge in [0.25, 0.3) is 0 Å². The van der Waals surface area contributed by atoms with E-state index in [-0.39, 0.29) is 60.1 Å². The summed E-state index contributed by atoms with van der Waals surface area (Å²) in [6.07, 6.45) is 5.84. The number of carbonyl (C=O) groups excluding carboxylic acids is 5. The summed E-state index contributed by atoms with van der Waals surface area (Å²) in [5.74, 6) is -3.86. The van der Waals surface area contributed by atoms with Crippen LogP contribution in [0.25, 0.3) is 0 Å². The summed E-state index contributed by atoms with van der Waals surface area (Å²) in [7, 11) is -5.03. The number of allylic oxidation sites excluding steroid dienone is 4. The van der Waals surface area contributed by atoms with Crippen molar-refractivity contribution >= 4 is 59.0 Å². The minimum atomic E-state index is -5.03. The van der Waals surface area contributed by atoms with Gasteiger partial charge in [-0.05, 0) is 80.9 Å². The molecule has 6 aliphatic carbocycles. The van der Waals surface area contributed by atoms with E-state index in [1.165, 1.54) is 0 Å². The summed E-state index contributed by atoms with van der Waals surface area (Å²) in [6, 6.07) is 6.38. The first-order valence-corrected chi connectivity index (χ1v) is 23.3. The third kappa shape index (κ3) is 7.68. The summed E-state index contributed by atoms with van der Waals surface area (Å²) in [5, 5.41) is 29.2. The van der Waals surface area contributed by atoms with E-state index in [1.807, 2.05) is 44.2 Å². The number of carbonyl (C=O) groups is 6. The molecule has 61 heavy (non-hydrogen) atoms. The Bertz CT molecular complexity index is 2150. The van der Waals surface area contributed by atoms with Crippen LogP contribution >= 0.6 is 23.8 Å². The predicted octanol–water partition coefficient (Wildman–Crippen LogP) is 2.46. The smallest absolute Gasteiger partial charge is 0.470 e. The average molecular weight is 933 g/mol. The number of Topliss-reactive ketones (excluding diaryl/α,β-unsaturated/α-hetero) is 1. The Morgan fingerprint density at radius 1 is 1.08 bits per heavy atom. The lowest BCUT2D eigenvalue weighted by Gasteiger charge is -2.59. The van der Waals surface area contributed by atoms with Crippen LogP contribution in [0.2, 0.25) is 0 Å². The zero-order chi connectivity index (χ0) is 43.9. The highest BCUT2D eigenvalue weighted by Crippen LogP contribution is 2.80. The number of phosphoric ester groups is 1. The zero-order valence-electron chi connectivity index (χ0n) is 33.8. The van der Waals surface area contributed by atoms with E-state index in [0.717, 1.165) is 11.1 Å². The molecule has 1 heterocycles. The first-order chi connectivity index (χ1) is 28.7. The maximum absolute atomic E-state index is 14.4. The number of aliphatic hydroxyl groups excluding tert-OH is 1. The molecule has 0 bridgehead atoms. The molecule has 8 rings (SSSR count). The van der Waals surface area contributed by atoms with Crippen LogP contribution in [-0.2, 0) is 53.8 Å². The lowest BCUT2D eigenvalue weighted by molar-refractivity contribution is -0.200. The molecule has 1 aromatic rings. The molecule has 0 spiro atoms. The topological polar surface area (TPSA) is 264 Å². The Morgan fingerprint density at radius 3 is 2.48 bits per heavy atom. The first kappa shape index (κ1) is 44.0. The highest BCUT2D eigenvalue weighted by molar-refractivity contribution is 9.09. The van der Waals surface area contributed by atoms with Gasteiger partial charge in [0.2, 0.25) is 17.7 Å². The average Bonchev–Trinajstić information content (AvgIpc) is 3.85. The van der Waals surface area contributed by atoms with Crippen molar-refractivity contribution in [3.05, 3.63) is 59.2 Å². The quantitative estimate of drug-likeness (QED) is 0.0929. The fourth-order valence-electron chi connectivity index (χ4n) is 12.0. The Hall–Kier alpha value is -3.61. The van der Waals surface area contributed by atoms with Crippen molar-refractivity contribution in [2.45, 2.75) is 107 Å². The number of amides is 3. The fourth-order valence-corrected chi connectivity index (χ4v) is 12.5. The van der Waals surface area contributed by atoms with Gasteiger partial charge < -0.3 is 45.4 Å². The number of carboxylic acid groups (broad SMARTS) is 1. The number of phosphoric acid groups is 1. The number of nitrogens with one attached hydrogen (secondary N) is 3. The minimum Gasteiger partial charge on any atom is -0.481 e. The van der Waals surface area contributed by atoms with Crippen LogP contribution in [0.4, 0.5) is 0 Å². The molecule has 17 nitrogen and oxygen atoms in total. The number of carboxylic acids is 1. The number of fused-ring (bicyclic) bond motifs is 8. The molecule has 19 heteroatoms. The number of ether oxygens (including phenoxy) is 2. The Balaban J connectivity index is 0.956. The number of hydrogen-bond acceptors (Lipinski definition) is 11. The molecular formula is C42H51BrN3O14P. The Labute approximate surface area is 360 Å². The van der Waals surface area contributed by atoms with Crippen molar-refractivity contribution in [3.8, 4) is 0 Å². The lowest BCUT2D eigenvalue weighted by atomic mass is 9.46. The summed E-state index contributed by atoms with van der Waals surface area (Å²) in [5.41, 5.74) is -1.39. The van der Waals surface area contributed by atoms with Crippen molar-refractivity contribution in [1.29, 1.82) is 0 Å². The van der Waals surface area contributed by atoms with Crippen LogP contribution in [0.5, 0.6) is 0 Å². The molecule has 0 aromatic heterocycles. The van der Waals surface area contributed by atoms with Gasteiger partial charge in [-0.25, -0.2) is 4.57 Å². The molecule has 6 fully saturated rings. The van der Waals surface area contributed by atoms with Crippen LogP contribution < -0.4 is 16.0 Å². The van der Waals surface area contributed by atoms with Crippen LogP contribution in [0.3, 0.4) is 0 Å². The molecule has 5 saturated carbocycles. The maximum Gasteiger partial charge on any atom is 0.470 e. The van der Waals surface area contributed by atoms with E-state index in [2.05, 4.69) is 31.9 Å². The Morgan fingerprint density at radius 2 is 1.80 bits per heavy atom. The van der Waals surface area contributed by atoms with Gasteiger partial charge in [0, 0.05) is 39.7 Å². The third-order valence-corrected chi connectivity index (χ3v) is 16.1. The van der Waals surface area contributed by atoms with Gasteiger partial charge in [0.05, 0.1) is 24.1 Å². The van der Waals surface area contributed by atoms with E-state index < -0.39 is 90.4 Å². The van der Waals surface area contributed by atoms with Gasteiger partial charge in [0.15, 0.2) is 23.5 Å². The number of benzene rings is 1. The third-order valence-electron chi connectivity index (χ3n) is 15.1. The first-order valence-electron chi connectivity index (χ1n) is 20.6. The minimum absolute atomic E-state index is 0.00328. The van der Waals surface area contributed by atoms with Gasteiger partial charge in [-0.1, -0.05) is 65.7 Å². The van der Waals surface area contributed by atoms with Crippen molar-refractivity contribution < 1.29 is 67.3 Å². The van der Waals surface area contributed by atoms with Gasteiger partial charge in [-0.15, -0.1) is 0 Å². The van der Waals surface area contributed by atoms with Gasteiger partial charge in [-0.3, -0.25) is 33.3 Å². The number of hydrogen-bond donors (Lipinski definition) is 7. The second-order valence-electron chi connectivity index (χ2n) is 18.5. The van der Waals surface area contributed by atoms with Gasteiger partial charge in [-0.2, -0.15) is 0 Å². The van der Waals surface area contributed by atoms with Crippen molar-refractivity contribution in [3.63, 3.8) is 0 Å². The monoisotopic (exact) mass is 931 g/mol. The molecule has 3 amide bonds. The van der Waals surface area contributed by atoms with E-state index in [4.69, 9.17) is 14.0 Å². The molecule has 7 N–H and O–H groups in total. The Kier molecular flexibility index (Phi) is 11.2. The second-order valence-corrected chi connectivity index (χ2v) is 20.3. The predicted molar refractivity (Wildman–Crippen MR) is 216 cm³/mol. The maximum atomic E-state index is 14.4. The molecule has 330 valence electrons. The van der Waals surface area contributed by atoms with Crippen LogP contribution in [-0.4, -0.2) is 103 Å². The largest absolute Gasteiger partial charge is 0.481 e. The normalized spacial score (nSPS) is 38.1. The van der Waals surface area contributed by atoms with Gasteiger partial charge >= 0.3 is 13.8 Å². The SMILES string of the molecule is C[C@]12C=CC(=O)C=C1CCC1C2[C@@H](O)C[C@@]2(C)[C@H]1C[C@H]1O[C@@H](c3ccc(CC45CC4(NC(=O)[C@H](CCC(=O)O)NC(=O)CNC(=O)CBr)C5)cc3)O[C@]12C(=O)COP(=O)(O)O. The van der Waals surface area contributed by atoms with Crippen LogP contribution in [0.1, 0.15) is 82.6 Å². The number of rotatable bonds is 16. The molecular weight excluding hydrogens is 881 g/mol. The van der Waals surface area contributed by atoms with Crippen LogP contribution in [0.15, 0.2) is 48.1 Å². The molecule has 1 aliphatic heterocycles. The zero-order valence-corrected chi connectivity index (χ0v) is 36.2. The highest BCUT2D eigenvalue weighted by Gasteiger charge is 2.83.